The van der Waals surface area contributed by atoms with Gasteiger partial charge in [-0.05, 0) is 67.6 Å². The summed E-state index contributed by atoms with van der Waals surface area (Å²) < 4.78 is 5.76. The molecule has 120 valence electrons. The summed E-state index contributed by atoms with van der Waals surface area (Å²) in [6.07, 6.45) is 0. The third-order valence-electron chi connectivity index (χ3n) is 3.48. The minimum atomic E-state index is -0.182. The van der Waals surface area contributed by atoms with Gasteiger partial charge in [-0.1, -0.05) is 29.3 Å². The summed E-state index contributed by atoms with van der Waals surface area (Å²) in [5.74, 6) is 1.31. The van der Waals surface area contributed by atoms with Crippen LogP contribution in [0.25, 0.3) is 0 Å². The Hall–Kier alpha value is -2.78. The summed E-state index contributed by atoms with van der Waals surface area (Å²) in [4.78, 5) is 12.1. The molecule has 0 spiro atoms. The molecular weight excluding hydrogens is 322 g/mol. The van der Waals surface area contributed by atoms with Gasteiger partial charge in [-0.3, -0.25) is 4.79 Å². The zero-order chi connectivity index (χ0) is 16.9. The van der Waals surface area contributed by atoms with E-state index in [1.807, 2.05) is 43.3 Å². The Morgan fingerprint density at radius 2 is 1.38 bits per heavy atom. The van der Waals surface area contributed by atoms with Gasteiger partial charge >= 0.3 is 0 Å². The van der Waals surface area contributed by atoms with Gasteiger partial charge in [0.15, 0.2) is 0 Å². The Bertz CT molecular complexity index is 825. The Balaban J connectivity index is 1.64. The van der Waals surface area contributed by atoms with E-state index in [0.29, 0.717) is 22.0 Å². The molecule has 0 aliphatic rings. The lowest BCUT2D eigenvalue weighted by molar-refractivity contribution is 0.102. The predicted octanol–water partition coefficient (Wildman–Crippen LogP) is 5.69. The zero-order valence-corrected chi connectivity index (χ0v) is 13.9. The molecular formula is C20H16ClNO2. The number of hydrogen-bond donors (Lipinski definition) is 1. The largest absolute Gasteiger partial charge is 0.457 e. The number of aryl methyl sites for hydroxylation is 1. The van der Waals surface area contributed by atoms with E-state index in [-0.39, 0.29) is 5.91 Å². The van der Waals surface area contributed by atoms with Crippen LogP contribution in [0.3, 0.4) is 0 Å². The van der Waals surface area contributed by atoms with Crippen LogP contribution in [0.15, 0.2) is 72.8 Å². The Kier molecular flexibility index (Phi) is 4.82. The monoisotopic (exact) mass is 337 g/mol. The molecule has 0 radical (unpaired) electrons. The van der Waals surface area contributed by atoms with Gasteiger partial charge in [0, 0.05) is 16.3 Å². The molecule has 0 saturated carbocycles. The lowest BCUT2D eigenvalue weighted by atomic mass is 10.2. The molecule has 0 aliphatic heterocycles. The van der Waals surface area contributed by atoms with Crippen LogP contribution in [0.2, 0.25) is 5.02 Å². The first-order chi connectivity index (χ1) is 11.6. The number of halogens is 1. The minimum absolute atomic E-state index is 0.182. The van der Waals surface area contributed by atoms with E-state index in [0.717, 1.165) is 5.75 Å². The summed E-state index contributed by atoms with van der Waals surface area (Å²) >= 11 is 5.82. The highest BCUT2D eigenvalue weighted by Crippen LogP contribution is 2.23. The van der Waals surface area contributed by atoms with E-state index in [1.54, 1.807) is 36.4 Å². The second kappa shape index (κ2) is 7.20. The molecule has 0 aromatic heterocycles. The van der Waals surface area contributed by atoms with Gasteiger partial charge < -0.3 is 10.1 Å². The van der Waals surface area contributed by atoms with E-state index in [1.165, 1.54) is 5.56 Å². The van der Waals surface area contributed by atoms with Gasteiger partial charge in [0.25, 0.3) is 5.91 Å². The molecule has 0 fully saturated rings. The highest BCUT2D eigenvalue weighted by atomic mass is 35.5. The van der Waals surface area contributed by atoms with Crippen LogP contribution in [0.4, 0.5) is 5.69 Å². The SMILES string of the molecule is Cc1ccc(Oc2ccc(NC(=O)c3ccc(Cl)cc3)cc2)cc1. The number of rotatable bonds is 4. The number of carbonyl (C=O) groups excluding carboxylic acids is 1. The zero-order valence-electron chi connectivity index (χ0n) is 13.1. The Morgan fingerprint density at radius 3 is 1.96 bits per heavy atom. The van der Waals surface area contributed by atoms with Crippen molar-refractivity contribution in [2.24, 2.45) is 0 Å². The summed E-state index contributed by atoms with van der Waals surface area (Å²) in [5.41, 5.74) is 2.44. The van der Waals surface area contributed by atoms with E-state index in [4.69, 9.17) is 16.3 Å². The van der Waals surface area contributed by atoms with Crippen LogP contribution in [0, 0.1) is 6.92 Å². The van der Waals surface area contributed by atoms with Gasteiger partial charge in [-0.15, -0.1) is 0 Å². The van der Waals surface area contributed by atoms with E-state index in [9.17, 15) is 4.79 Å². The third-order valence-corrected chi connectivity index (χ3v) is 3.73. The second-order valence-corrected chi connectivity index (χ2v) is 5.84. The number of amides is 1. The number of anilines is 1. The van der Waals surface area contributed by atoms with Crippen LogP contribution >= 0.6 is 11.6 Å². The number of nitrogens with one attached hydrogen (secondary N) is 1. The Morgan fingerprint density at radius 1 is 0.833 bits per heavy atom. The van der Waals surface area contributed by atoms with E-state index >= 15 is 0 Å². The van der Waals surface area contributed by atoms with Crippen LogP contribution < -0.4 is 10.1 Å². The summed E-state index contributed by atoms with van der Waals surface area (Å²) in [6.45, 7) is 2.03. The number of carbonyl (C=O) groups is 1. The van der Waals surface area contributed by atoms with Gasteiger partial charge in [-0.2, -0.15) is 0 Å². The molecule has 0 heterocycles. The van der Waals surface area contributed by atoms with Crippen LogP contribution in [-0.2, 0) is 0 Å². The van der Waals surface area contributed by atoms with Crippen molar-refractivity contribution in [2.45, 2.75) is 6.92 Å². The fraction of sp³-hybridized carbons (Fsp3) is 0.0500. The van der Waals surface area contributed by atoms with Crippen molar-refractivity contribution < 1.29 is 9.53 Å². The van der Waals surface area contributed by atoms with Crippen LogP contribution in [0.1, 0.15) is 15.9 Å². The molecule has 1 amide bonds. The highest BCUT2D eigenvalue weighted by molar-refractivity contribution is 6.30. The molecule has 0 aliphatic carbocycles. The topological polar surface area (TPSA) is 38.3 Å². The number of hydrogen-bond acceptors (Lipinski definition) is 2. The lowest BCUT2D eigenvalue weighted by Gasteiger charge is -2.08. The third kappa shape index (κ3) is 4.15. The van der Waals surface area contributed by atoms with Crippen molar-refractivity contribution in [3.8, 4) is 11.5 Å². The average molecular weight is 338 g/mol. The van der Waals surface area contributed by atoms with Crippen LogP contribution in [-0.4, -0.2) is 5.91 Å². The molecule has 3 rings (SSSR count). The van der Waals surface area contributed by atoms with Crippen molar-refractivity contribution in [1.82, 2.24) is 0 Å². The van der Waals surface area contributed by atoms with Crippen molar-refractivity contribution in [1.29, 1.82) is 0 Å². The fourth-order valence-electron chi connectivity index (χ4n) is 2.15. The first kappa shape index (κ1) is 16.1. The smallest absolute Gasteiger partial charge is 0.255 e. The molecule has 0 bridgehead atoms. The van der Waals surface area contributed by atoms with Gasteiger partial charge in [-0.25, -0.2) is 0 Å². The second-order valence-electron chi connectivity index (χ2n) is 5.40. The van der Waals surface area contributed by atoms with Crippen molar-refractivity contribution in [3.05, 3.63) is 88.9 Å². The normalized spacial score (nSPS) is 10.2. The summed E-state index contributed by atoms with van der Waals surface area (Å²) in [6, 6.07) is 21.8. The van der Waals surface area contributed by atoms with Gasteiger partial charge in [0.2, 0.25) is 0 Å². The predicted molar refractivity (Wildman–Crippen MR) is 97.1 cm³/mol. The molecule has 4 heteroatoms. The molecule has 24 heavy (non-hydrogen) atoms. The van der Waals surface area contributed by atoms with Crippen LogP contribution in [0.5, 0.6) is 11.5 Å². The molecule has 1 N–H and O–H groups in total. The first-order valence-electron chi connectivity index (χ1n) is 7.52. The quantitative estimate of drug-likeness (QED) is 0.663. The van der Waals surface area contributed by atoms with Crippen molar-refractivity contribution in [3.63, 3.8) is 0 Å². The standard InChI is InChI=1S/C20H16ClNO2/c1-14-2-10-18(11-3-14)24-19-12-8-17(9-13-19)22-20(23)15-4-6-16(21)7-5-15/h2-13H,1H3,(H,22,23). The van der Waals surface area contributed by atoms with Gasteiger partial charge in [0.1, 0.15) is 11.5 Å². The molecule has 0 atom stereocenters. The van der Waals surface area contributed by atoms with Crippen molar-refractivity contribution >= 4 is 23.2 Å². The molecule has 0 unspecified atom stereocenters. The average Bonchev–Trinajstić information content (AvgIpc) is 2.59. The molecule has 3 aromatic carbocycles. The highest BCUT2D eigenvalue weighted by Gasteiger charge is 2.06. The minimum Gasteiger partial charge on any atom is -0.457 e. The first-order valence-corrected chi connectivity index (χ1v) is 7.89. The fourth-order valence-corrected chi connectivity index (χ4v) is 2.28. The molecule has 0 saturated heterocycles. The Labute approximate surface area is 145 Å². The summed E-state index contributed by atoms with van der Waals surface area (Å²) in [5, 5.41) is 3.44. The maximum atomic E-state index is 12.1. The van der Waals surface area contributed by atoms with Gasteiger partial charge in [0.05, 0.1) is 0 Å². The van der Waals surface area contributed by atoms with E-state index < -0.39 is 0 Å². The summed E-state index contributed by atoms with van der Waals surface area (Å²) in [7, 11) is 0. The molecule has 3 nitrogen and oxygen atoms in total. The van der Waals surface area contributed by atoms with Crippen molar-refractivity contribution in [2.75, 3.05) is 5.32 Å². The maximum Gasteiger partial charge on any atom is 0.255 e. The number of benzene rings is 3. The lowest BCUT2D eigenvalue weighted by Crippen LogP contribution is -2.11. The molecule has 3 aromatic rings. The number of ether oxygens (including phenoxy) is 1. The maximum absolute atomic E-state index is 12.1. The van der Waals surface area contributed by atoms with E-state index in [2.05, 4.69) is 5.32 Å².